The van der Waals surface area contributed by atoms with Gasteiger partial charge in [-0.25, -0.2) is 8.42 Å². The number of hydrogen-bond donors (Lipinski definition) is 1. The van der Waals surface area contributed by atoms with Crippen LogP contribution in [0.5, 0.6) is 5.75 Å². The van der Waals surface area contributed by atoms with E-state index >= 15 is 0 Å². The molecular weight excluding hydrogens is 376 g/mol. The van der Waals surface area contributed by atoms with Crippen molar-refractivity contribution in [2.45, 2.75) is 43.7 Å². The van der Waals surface area contributed by atoms with Gasteiger partial charge in [-0.15, -0.1) is 0 Å². The van der Waals surface area contributed by atoms with Crippen LogP contribution in [0.2, 0.25) is 0 Å². The molecule has 0 bridgehead atoms. The van der Waals surface area contributed by atoms with Gasteiger partial charge in [0.25, 0.3) is 0 Å². The summed E-state index contributed by atoms with van der Waals surface area (Å²) in [5.74, 6) is 7.12. The van der Waals surface area contributed by atoms with Gasteiger partial charge in [0.1, 0.15) is 16.7 Å². The van der Waals surface area contributed by atoms with Crippen molar-refractivity contribution in [1.29, 1.82) is 0 Å². The molecule has 0 unspecified atom stereocenters. The summed E-state index contributed by atoms with van der Waals surface area (Å²) in [7, 11) is 0.153. The molecule has 28 heavy (non-hydrogen) atoms. The van der Waals surface area contributed by atoms with E-state index < -0.39 is 16.1 Å². The maximum absolute atomic E-state index is 13.3. The van der Waals surface area contributed by atoms with Crippen LogP contribution < -0.4 is 4.74 Å². The van der Waals surface area contributed by atoms with E-state index in [4.69, 9.17) is 4.74 Å². The Balaban J connectivity index is 2.07. The van der Waals surface area contributed by atoms with Gasteiger partial charge in [0.15, 0.2) is 0 Å². The lowest BCUT2D eigenvalue weighted by molar-refractivity contribution is 0.0812. The van der Waals surface area contributed by atoms with Crippen molar-refractivity contribution >= 4 is 10.0 Å². The monoisotopic (exact) mass is 406 g/mol. The van der Waals surface area contributed by atoms with Crippen LogP contribution in [0.1, 0.15) is 32.3 Å². The molecule has 0 radical (unpaired) electrons. The first-order valence-corrected chi connectivity index (χ1v) is 11.3. The second-order valence-electron chi connectivity index (χ2n) is 8.21. The van der Waals surface area contributed by atoms with E-state index in [1.807, 2.05) is 25.9 Å². The Morgan fingerprint density at radius 2 is 2.07 bits per heavy atom. The SMILES string of the molecule is C[C@@H]1CN([C@@H](C)CO)S(=O)(=O)c2ccc(C#CC3CC3)cc2O[C@H]1CN(C)C. The van der Waals surface area contributed by atoms with Gasteiger partial charge < -0.3 is 14.7 Å². The molecule has 1 N–H and O–H groups in total. The second-order valence-corrected chi connectivity index (χ2v) is 10.1. The van der Waals surface area contributed by atoms with Crippen molar-refractivity contribution in [3.63, 3.8) is 0 Å². The molecule has 3 atom stereocenters. The van der Waals surface area contributed by atoms with Gasteiger partial charge in [0, 0.05) is 36.5 Å². The highest BCUT2D eigenvalue weighted by molar-refractivity contribution is 7.89. The topological polar surface area (TPSA) is 70.1 Å². The third-order valence-corrected chi connectivity index (χ3v) is 7.23. The Labute approximate surface area is 168 Å². The molecule has 0 saturated heterocycles. The molecule has 1 aromatic carbocycles. The predicted octanol–water partition coefficient (Wildman–Crippen LogP) is 1.78. The molecule has 0 spiro atoms. The standard InChI is InChI=1S/C21H30N2O4S/c1-15-12-23(16(2)14-24)28(25,26)21-10-9-18(8-7-17-5-6-17)11-19(21)27-20(15)13-22(3)4/h9-11,15-17,20,24H,5-6,12-14H2,1-4H3/t15-,16+,20+/m1/s1. The fourth-order valence-electron chi connectivity index (χ4n) is 3.29. The molecule has 7 heteroatoms. The largest absolute Gasteiger partial charge is 0.487 e. The van der Waals surface area contributed by atoms with Crippen molar-refractivity contribution < 1.29 is 18.3 Å². The number of sulfonamides is 1. The van der Waals surface area contributed by atoms with Crippen molar-refractivity contribution in [2.75, 3.05) is 33.8 Å². The molecule has 1 aliphatic carbocycles. The molecule has 1 aromatic rings. The second kappa shape index (κ2) is 8.42. The summed E-state index contributed by atoms with van der Waals surface area (Å²) in [6.07, 6.45) is 2.10. The number of nitrogens with zero attached hydrogens (tertiary/aromatic N) is 2. The zero-order valence-electron chi connectivity index (χ0n) is 17.1. The number of ether oxygens (including phenoxy) is 1. The number of benzene rings is 1. The van der Waals surface area contributed by atoms with Crippen LogP contribution in [0.4, 0.5) is 0 Å². The van der Waals surface area contributed by atoms with Crippen LogP contribution in [0.25, 0.3) is 0 Å². The lowest BCUT2D eigenvalue weighted by Gasteiger charge is -2.37. The lowest BCUT2D eigenvalue weighted by Crippen LogP contribution is -2.49. The first kappa shape index (κ1) is 21.1. The maximum atomic E-state index is 13.3. The Morgan fingerprint density at radius 1 is 1.36 bits per heavy atom. The smallest absolute Gasteiger partial charge is 0.247 e. The normalized spacial score (nSPS) is 25.6. The van der Waals surface area contributed by atoms with Gasteiger partial charge >= 0.3 is 0 Å². The van der Waals surface area contributed by atoms with E-state index in [9.17, 15) is 13.5 Å². The van der Waals surface area contributed by atoms with Crippen molar-refractivity contribution in [3.8, 4) is 17.6 Å². The molecule has 1 heterocycles. The molecule has 2 aliphatic rings. The first-order valence-electron chi connectivity index (χ1n) is 9.82. The zero-order valence-corrected chi connectivity index (χ0v) is 17.9. The molecule has 154 valence electrons. The third-order valence-electron chi connectivity index (χ3n) is 5.21. The molecular formula is C21H30N2O4S. The van der Waals surface area contributed by atoms with E-state index in [0.29, 0.717) is 24.8 Å². The van der Waals surface area contributed by atoms with Crippen LogP contribution in [-0.2, 0) is 10.0 Å². The van der Waals surface area contributed by atoms with Crippen molar-refractivity contribution in [2.24, 2.45) is 11.8 Å². The van der Waals surface area contributed by atoms with Gasteiger partial charge in [-0.2, -0.15) is 4.31 Å². The zero-order chi connectivity index (χ0) is 20.5. The fraction of sp³-hybridized carbons (Fsp3) is 0.619. The van der Waals surface area contributed by atoms with Crippen molar-refractivity contribution in [3.05, 3.63) is 23.8 Å². The number of aliphatic hydroxyl groups excluding tert-OH is 1. The molecule has 0 amide bonds. The van der Waals surface area contributed by atoms with E-state index in [2.05, 4.69) is 11.8 Å². The van der Waals surface area contributed by atoms with Crippen LogP contribution in [0.3, 0.4) is 0 Å². The summed E-state index contributed by atoms with van der Waals surface area (Å²) in [6.45, 7) is 4.45. The quantitative estimate of drug-likeness (QED) is 0.772. The summed E-state index contributed by atoms with van der Waals surface area (Å²) < 4.78 is 34.3. The summed E-state index contributed by atoms with van der Waals surface area (Å²) in [5, 5.41) is 9.64. The fourth-order valence-corrected chi connectivity index (χ4v) is 5.12. The highest BCUT2D eigenvalue weighted by atomic mass is 32.2. The molecule has 1 saturated carbocycles. The van der Waals surface area contributed by atoms with Crippen LogP contribution in [0, 0.1) is 23.7 Å². The molecule has 6 nitrogen and oxygen atoms in total. The first-order chi connectivity index (χ1) is 13.2. The minimum Gasteiger partial charge on any atom is -0.487 e. The van der Waals surface area contributed by atoms with Crippen LogP contribution in [-0.4, -0.2) is 68.7 Å². The Kier molecular flexibility index (Phi) is 6.35. The van der Waals surface area contributed by atoms with E-state index in [0.717, 1.165) is 18.4 Å². The minimum absolute atomic E-state index is 0.0412. The summed E-state index contributed by atoms with van der Waals surface area (Å²) in [6, 6.07) is 4.56. The average molecular weight is 407 g/mol. The summed E-state index contributed by atoms with van der Waals surface area (Å²) >= 11 is 0. The molecule has 1 fully saturated rings. The Morgan fingerprint density at radius 3 is 2.68 bits per heavy atom. The summed E-state index contributed by atoms with van der Waals surface area (Å²) in [5.41, 5.74) is 0.763. The van der Waals surface area contributed by atoms with Gasteiger partial charge in [-0.1, -0.05) is 18.8 Å². The number of rotatable bonds is 4. The lowest BCUT2D eigenvalue weighted by atomic mass is 10.0. The van der Waals surface area contributed by atoms with Gasteiger partial charge in [0.2, 0.25) is 10.0 Å². The average Bonchev–Trinajstić information content (AvgIpc) is 3.46. The predicted molar refractivity (Wildman–Crippen MR) is 109 cm³/mol. The minimum atomic E-state index is -3.79. The van der Waals surface area contributed by atoms with Crippen LogP contribution >= 0.6 is 0 Å². The van der Waals surface area contributed by atoms with E-state index in [1.54, 1.807) is 25.1 Å². The Bertz CT molecular complexity index is 868. The molecule has 0 aromatic heterocycles. The van der Waals surface area contributed by atoms with Gasteiger partial charge in [-0.3, -0.25) is 0 Å². The van der Waals surface area contributed by atoms with E-state index in [-0.39, 0.29) is 23.5 Å². The maximum Gasteiger partial charge on any atom is 0.247 e. The molecule has 1 aliphatic heterocycles. The number of fused-ring (bicyclic) bond motifs is 1. The number of hydrogen-bond acceptors (Lipinski definition) is 5. The molecule has 3 rings (SSSR count). The van der Waals surface area contributed by atoms with E-state index in [1.165, 1.54) is 4.31 Å². The number of likely N-dealkylation sites (N-methyl/N-ethyl adjacent to an activating group) is 1. The highest BCUT2D eigenvalue weighted by Crippen LogP contribution is 2.34. The van der Waals surface area contributed by atoms with Crippen molar-refractivity contribution in [1.82, 2.24) is 9.21 Å². The summed E-state index contributed by atoms with van der Waals surface area (Å²) in [4.78, 5) is 2.17. The third kappa shape index (κ3) is 4.69. The van der Waals surface area contributed by atoms with Gasteiger partial charge in [-0.05, 0) is 52.1 Å². The highest BCUT2D eigenvalue weighted by Gasteiger charge is 2.37. The Hall–Kier alpha value is -1.59. The number of aliphatic hydroxyl groups is 1. The van der Waals surface area contributed by atoms with Crippen LogP contribution in [0.15, 0.2) is 23.1 Å². The van der Waals surface area contributed by atoms with Gasteiger partial charge in [0.05, 0.1) is 6.61 Å².